The van der Waals surface area contributed by atoms with Crippen LogP contribution in [0.5, 0.6) is 5.75 Å². The highest BCUT2D eigenvalue weighted by atomic mass is 19.4. The van der Waals surface area contributed by atoms with Gasteiger partial charge < -0.3 is 9.84 Å². The fourth-order valence-electron chi connectivity index (χ4n) is 2.94. The summed E-state index contributed by atoms with van der Waals surface area (Å²) in [4.78, 5) is 12.2. The van der Waals surface area contributed by atoms with Gasteiger partial charge in [0.1, 0.15) is 11.9 Å². The lowest BCUT2D eigenvalue weighted by atomic mass is 10.0. The number of hydrogen-bond acceptors (Lipinski definition) is 3. The van der Waals surface area contributed by atoms with E-state index in [0.29, 0.717) is 6.42 Å². The first-order valence-corrected chi connectivity index (χ1v) is 9.88. The monoisotopic (exact) mass is 388 g/mol. The van der Waals surface area contributed by atoms with Crippen molar-refractivity contribution in [3.63, 3.8) is 0 Å². The normalized spacial score (nSPS) is 12.7. The van der Waals surface area contributed by atoms with Crippen LogP contribution in [0.4, 0.5) is 13.2 Å². The molecule has 1 N–H and O–H groups in total. The van der Waals surface area contributed by atoms with Crippen LogP contribution < -0.4 is 0 Å². The van der Waals surface area contributed by atoms with Crippen LogP contribution in [-0.4, -0.2) is 23.4 Å². The molecule has 0 spiro atoms. The minimum atomic E-state index is -4.19. The number of esters is 1. The Kier molecular flexibility index (Phi) is 10.9. The van der Waals surface area contributed by atoms with E-state index in [-0.39, 0.29) is 24.2 Å². The molecule has 154 valence electrons. The van der Waals surface area contributed by atoms with Crippen molar-refractivity contribution in [1.82, 2.24) is 0 Å². The number of rotatable bonds is 13. The van der Waals surface area contributed by atoms with Crippen molar-refractivity contribution in [3.05, 3.63) is 29.8 Å². The van der Waals surface area contributed by atoms with Crippen LogP contribution in [0.15, 0.2) is 24.3 Å². The molecule has 0 radical (unpaired) electrons. The predicted octanol–water partition coefficient (Wildman–Crippen LogP) is 6.79. The summed E-state index contributed by atoms with van der Waals surface area (Å²) in [6.07, 6.45) is 2.90. The minimum Gasteiger partial charge on any atom is -0.508 e. The smallest absolute Gasteiger partial charge is 0.389 e. The van der Waals surface area contributed by atoms with Crippen molar-refractivity contribution >= 4 is 5.97 Å². The van der Waals surface area contributed by atoms with Crippen LogP contribution in [0.2, 0.25) is 0 Å². The van der Waals surface area contributed by atoms with Gasteiger partial charge in [0.25, 0.3) is 0 Å². The molecule has 0 saturated heterocycles. The number of ether oxygens (including phenoxy) is 1. The number of alkyl halides is 3. The third-order valence-corrected chi connectivity index (χ3v) is 4.49. The summed E-state index contributed by atoms with van der Waals surface area (Å²) in [6.45, 7) is 2.16. The Morgan fingerprint density at radius 2 is 1.52 bits per heavy atom. The van der Waals surface area contributed by atoms with Gasteiger partial charge >= 0.3 is 12.1 Å². The molecular weight excluding hydrogens is 357 g/mol. The quantitative estimate of drug-likeness (QED) is 0.299. The zero-order chi connectivity index (χ0) is 20.1. The van der Waals surface area contributed by atoms with E-state index in [4.69, 9.17) is 4.74 Å². The predicted molar refractivity (Wildman–Crippen MR) is 99.8 cm³/mol. The van der Waals surface area contributed by atoms with E-state index >= 15 is 0 Å². The van der Waals surface area contributed by atoms with E-state index < -0.39 is 24.7 Å². The fourth-order valence-corrected chi connectivity index (χ4v) is 2.94. The second-order valence-electron chi connectivity index (χ2n) is 6.99. The summed E-state index contributed by atoms with van der Waals surface area (Å²) in [5, 5.41) is 9.27. The van der Waals surface area contributed by atoms with Gasteiger partial charge in [0.2, 0.25) is 0 Å². The number of carbonyl (C=O) groups is 1. The van der Waals surface area contributed by atoms with Crippen molar-refractivity contribution < 1.29 is 27.8 Å². The molecule has 1 rings (SSSR count). The SMILES string of the molecule is CCCCCCCCC[C@H](CCCC(F)(F)F)OC(=O)c1ccc(O)cc1. The Morgan fingerprint density at radius 1 is 0.963 bits per heavy atom. The number of unbranched alkanes of at least 4 members (excludes halogenated alkanes) is 6. The summed E-state index contributed by atoms with van der Waals surface area (Å²) in [5.74, 6) is -0.522. The molecule has 0 fully saturated rings. The first-order valence-electron chi connectivity index (χ1n) is 9.88. The number of phenols is 1. The van der Waals surface area contributed by atoms with E-state index in [1.807, 2.05) is 0 Å². The number of halogens is 3. The van der Waals surface area contributed by atoms with Crippen LogP contribution in [0.1, 0.15) is 87.9 Å². The fraction of sp³-hybridized carbons (Fsp3) is 0.667. The third-order valence-electron chi connectivity index (χ3n) is 4.49. The van der Waals surface area contributed by atoms with Crippen molar-refractivity contribution in [2.75, 3.05) is 0 Å². The van der Waals surface area contributed by atoms with Crippen molar-refractivity contribution in [2.24, 2.45) is 0 Å². The molecule has 0 aromatic heterocycles. The highest BCUT2D eigenvalue weighted by molar-refractivity contribution is 5.89. The standard InChI is InChI=1S/C21H31F3O3/c1-2-3-4-5-6-7-8-10-19(11-9-16-21(22,23)24)27-20(26)17-12-14-18(25)15-13-17/h12-15,19,25H,2-11,16H2,1H3/t19-/m1/s1. The maximum atomic E-state index is 12.4. The molecular formula is C21H31F3O3. The molecule has 0 bridgehead atoms. The van der Waals surface area contributed by atoms with E-state index in [0.717, 1.165) is 19.3 Å². The lowest BCUT2D eigenvalue weighted by Gasteiger charge is -2.18. The summed E-state index contributed by atoms with van der Waals surface area (Å²) in [5.41, 5.74) is 0.285. The van der Waals surface area contributed by atoms with Gasteiger partial charge in [-0.25, -0.2) is 4.79 Å². The van der Waals surface area contributed by atoms with Crippen LogP contribution in [0.3, 0.4) is 0 Å². The summed E-state index contributed by atoms with van der Waals surface area (Å²) >= 11 is 0. The molecule has 0 aliphatic heterocycles. The van der Waals surface area contributed by atoms with Gasteiger partial charge in [0.05, 0.1) is 5.56 Å². The lowest BCUT2D eigenvalue weighted by Crippen LogP contribution is -2.19. The third kappa shape index (κ3) is 11.6. The van der Waals surface area contributed by atoms with Crippen molar-refractivity contribution in [1.29, 1.82) is 0 Å². The zero-order valence-corrected chi connectivity index (χ0v) is 16.1. The molecule has 0 amide bonds. The van der Waals surface area contributed by atoms with E-state index in [2.05, 4.69) is 6.92 Å². The summed E-state index contributed by atoms with van der Waals surface area (Å²) in [7, 11) is 0. The van der Waals surface area contributed by atoms with Crippen molar-refractivity contribution in [3.8, 4) is 5.75 Å². The summed E-state index contributed by atoms with van der Waals surface area (Å²) < 4.78 is 42.6. The van der Waals surface area contributed by atoms with Gasteiger partial charge in [0, 0.05) is 6.42 Å². The molecule has 6 heteroatoms. The van der Waals surface area contributed by atoms with Gasteiger partial charge in [0.15, 0.2) is 0 Å². The van der Waals surface area contributed by atoms with Crippen LogP contribution in [-0.2, 0) is 4.74 Å². The van der Waals surface area contributed by atoms with Gasteiger partial charge in [-0.15, -0.1) is 0 Å². The molecule has 3 nitrogen and oxygen atoms in total. The minimum absolute atomic E-state index is 0.0383. The van der Waals surface area contributed by atoms with Gasteiger partial charge in [-0.1, -0.05) is 45.4 Å². The maximum Gasteiger partial charge on any atom is 0.389 e. The number of aromatic hydroxyl groups is 1. The molecule has 1 aromatic rings. The number of phenolic OH excluding ortho intramolecular Hbond substituents is 1. The molecule has 0 heterocycles. The van der Waals surface area contributed by atoms with Gasteiger partial charge in [-0.05, 0) is 49.9 Å². The summed E-state index contributed by atoms with van der Waals surface area (Å²) in [6, 6.07) is 5.65. The van der Waals surface area contributed by atoms with Gasteiger partial charge in [-0.3, -0.25) is 0 Å². The van der Waals surface area contributed by atoms with Crippen LogP contribution in [0, 0.1) is 0 Å². The van der Waals surface area contributed by atoms with Crippen LogP contribution in [0.25, 0.3) is 0 Å². The molecule has 0 saturated carbocycles. The Bertz CT molecular complexity index is 526. The highest BCUT2D eigenvalue weighted by Crippen LogP contribution is 2.25. The molecule has 0 unspecified atom stereocenters. The molecule has 1 atom stereocenters. The van der Waals surface area contributed by atoms with E-state index in [9.17, 15) is 23.1 Å². The molecule has 0 aliphatic carbocycles. The maximum absolute atomic E-state index is 12.4. The lowest BCUT2D eigenvalue weighted by molar-refractivity contribution is -0.136. The zero-order valence-electron chi connectivity index (χ0n) is 16.1. The highest BCUT2D eigenvalue weighted by Gasteiger charge is 2.27. The van der Waals surface area contributed by atoms with Crippen LogP contribution >= 0.6 is 0 Å². The number of benzene rings is 1. The van der Waals surface area contributed by atoms with E-state index in [1.54, 1.807) is 0 Å². The van der Waals surface area contributed by atoms with Gasteiger partial charge in [-0.2, -0.15) is 13.2 Å². The Hall–Kier alpha value is -1.72. The Balaban J connectivity index is 2.46. The average Bonchev–Trinajstić information content (AvgIpc) is 2.60. The number of hydrogen-bond donors (Lipinski definition) is 1. The first kappa shape index (κ1) is 23.3. The Morgan fingerprint density at radius 3 is 2.11 bits per heavy atom. The molecule has 0 aliphatic rings. The second-order valence-corrected chi connectivity index (χ2v) is 6.99. The number of carbonyl (C=O) groups excluding carboxylic acids is 1. The Labute approximate surface area is 159 Å². The van der Waals surface area contributed by atoms with E-state index in [1.165, 1.54) is 49.9 Å². The largest absolute Gasteiger partial charge is 0.508 e. The molecule has 27 heavy (non-hydrogen) atoms. The average molecular weight is 388 g/mol. The first-order chi connectivity index (χ1) is 12.8. The molecule has 1 aromatic carbocycles. The van der Waals surface area contributed by atoms with Crippen molar-refractivity contribution in [2.45, 2.75) is 89.8 Å². The second kappa shape index (κ2) is 12.6. The topological polar surface area (TPSA) is 46.5 Å².